The van der Waals surface area contributed by atoms with E-state index in [9.17, 15) is 14.3 Å². The van der Waals surface area contributed by atoms with Crippen molar-refractivity contribution in [1.82, 2.24) is 9.88 Å². The Hall–Kier alpha value is -2.92. The summed E-state index contributed by atoms with van der Waals surface area (Å²) in [4.78, 5) is 12.6. The number of halogens is 1. The van der Waals surface area contributed by atoms with Crippen molar-refractivity contribution < 1.29 is 14.3 Å². The largest absolute Gasteiger partial charge is 0.387 e. The van der Waals surface area contributed by atoms with Crippen molar-refractivity contribution in [2.24, 2.45) is 0 Å². The Morgan fingerprint density at radius 1 is 1.11 bits per heavy atom. The zero-order valence-corrected chi connectivity index (χ0v) is 15.7. The Morgan fingerprint density at radius 3 is 2.56 bits per heavy atom. The van der Waals surface area contributed by atoms with Gasteiger partial charge in [0.1, 0.15) is 5.82 Å². The smallest absolute Gasteiger partial charge is 0.253 e. The van der Waals surface area contributed by atoms with Crippen LogP contribution in [0.3, 0.4) is 0 Å². The van der Waals surface area contributed by atoms with E-state index in [1.165, 1.54) is 18.2 Å². The molecular formula is C22H23FN2O2. The summed E-state index contributed by atoms with van der Waals surface area (Å²) in [6.45, 7) is 5.90. The van der Waals surface area contributed by atoms with Crippen LogP contribution in [0.5, 0.6) is 0 Å². The van der Waals surface area contributed by atoms with Crippen molar-refractivity contribution in [2.45, 2.75) is 26.9 Å². The second-order valence-electron chi connectivity index (χ2n) is 6.69. The summed E-state index contributed by atoms with van der Waals surface area (Å²) in [5, 5.41) is 12.9. The van der Waals surface area contributed by atoms with E-state index in [-0.39, 0.29) is 12.5 Å². The van der Waals surface area contributed by atoms with Gasteiger partial charge in [0.2, 0.25) is 0 Å². The SMILES string of the molecule is Cc1ccccc1-n1c(C)cc(C(=O)NCC(O)c2cccc(F)c2)c1C. The molecule has 3 aromatic rings. The first-order chi connectivity index (χ1) is 12.9. The molecule has 2 aromatic carbocycles. The molecule has 0 saturated carbocycles. The number of carbonyl (C=O) groups is 1. The second-order valence-corrected chi connectivity index (χ2v) is 6.69. The lowest BCUT2D eigenvalue weighted by Gasteiger charge is -2.14. The van der Waals surface area contributed by atoms with Gasteiger partial charge in [-0.2, -0.15) is 0 Å². The molecule has 0 radical (unpaired) electrons. The molecule has 1 aromatic heterocycles. The Balaban J connectivity index is 1.78. The van der Waals surface area contributed by atoms with Gasteiger partial charge in [0, 0.05) is 23.6 Å². The molecule has 0 aliphatic rings. The second kappa shape index (κ2) is 7.76. The van der Waals surface area contributed by atoms with Crippen molar-refractivity contribution in [3.63, 3.8) is 0 Å². The minimum atomic E-state index is -0.968. The third-order valence-electron chi connectivity index (χ3n) is 4.72. The van der Waals surface area contributed by atoms with E-state index in [0.717, 1.165) is 22.6 Å². The normalized spacial score (nSPS) is 12.0. The number of hydrogen-bond acceptors (Lipinski definition) is 2. The lowest BCUT2D eigenvalue weighted by atomic mass is 10.1. The van der Waals surface area contributed by atoms with Crippen LogP contribution in [0.25, 0.3) is 5.69 Å². The Kier molecular flexibility index (Phi) is 5.42. The van der Waals surface area contributed by atoms with Crippen molar-refractivity contribution in [3.05, 3.63) is 88.5 Å². The molecule has 0 aliphatic carbocycles. The number of benzene rings is 2. The number of aliphatic hydroxyl groups excluding tert-OH is 1. The highest BCUT2D eigenvalue weighted by Crippen LogP contribution is 2.23. The first kappa shape index (κ1) is 18.9. The summed E-state index contributed by atoms with van der Waals surface area (Å²) in [7, 11) is 0. The maximum absolute atomic E-state index is 13.3. The Morgan fingerprint density at radius 2 is 1.85 bits per heavy atom. The molecule has 1 atom stereocenters. The van der Waals surface area contributed by atoms with Gasteiger partial charge >= 0.3 is 0 Å². The van der Waals surface area contributed by atoms with Crippen molar-refractivity contribution in [1.29, 1.82) is 0 Å². The van der Waals surface area contributed by atoms with Crippen molar-refractivity contribution in [2.75, 3.05) is 6.54 Å². The summed E-state index contributed by atoms with van der Waals surface area (Å²) in [6.07, 6.45) is -0.968. The molecule has 0 aliphatic heterocycles. The van der Waals surface area contributed by atoms with E-state index in [1.54, 1.807) is 6.07 Å². The third-order valence-corrected chi connectivity index (χ3v) is 4.72. The number of rotatable bonds is 5. The van der Waals surface area contributed by atoms with Crippen LogP contribution in [0.15, 0.2) is 54.6 Å². The number of hydrogen-bond donors (Lipinski definition) is 2. The molecule has 4 nitrogen and oxygen atoms in total. The van der Waals surface area contributed by atoms with Gasteiger partial charge in [0.25, 0.3) is 5.91 Å². The van der Waals surface area contributed by atoms with Crippen LogP contribution in [0.1, 0.15) is 39.0 Å². The number of aromatic nitrogens is 1. The molecule has 1 unspecified atom stereocenters. The number of amides is 1. The van der Waals surface area contributed by atoms with Gasteiger partial charge in [-0.3, -0.25) is 4.79 Å². The predicted molar refractivity (Wildman–Crippen MR) is 104 cm³/mol. The van der Waals surface area contributed by atoms with Gasteiger partial charge in [0.15, 0.2) is 0 Å². The van der Waals surface area contributed by atoms with Gasteiger partial charge < -0.3 is 15.0 Å². The molecule has 1 heterocycles. The molecular weight excluding hydrogens is 343 g/mol. The maximum Gasteiger partial charge on any atom is 0.253 e. The third kappa shape index (κ3) is 3.93. The Bertz CT molecular complexity index is 978. The number of para-hydroxylation sites is 1. The number of aryl methyl sites for hydroxylation is 2. The minimum Gasteiger partial charge on any atom is -0.387 e. The lowest BCUT2D eigenvalue weighted by Crippen LogP contribution is -2.28. The highest BCUT2D eigenvalue weighted by atomic mass is 19.1. The summed E-state index contributed by atoms with van der Waals surface area (Å²) >= 11 is 0. The monoisotopic (exact) mass is 366 g/mol. The summed E-state index contributed by atoms with van der Waals surface area (Å²) in [5.41, 5.74) is 4.93. The fraction of sp³-hybridized carbons (Fsp3) is 0.227. The molecule has 5 heteroatoms. The number of carbonyl (C=O) groups excluding carboxylic acids is 1. The van der Waals surface area contributed by atoms with Crippen LogP contribution in [-0.2, 0) is 0 Å². The molecule has 140 valence electrons. The summed E-state index contributed by atoms with van der Waals surface area (Å²) in [6, 6.07) is 15.6. The van der Waals surface area contributed by atoms with Gasteiger partial charge in [-0.25, -0.2) is 4.39 Å². The van der Waals surface area contributed by atoms with Gasteiger partial charge in [-0.05, 0) is 56.2 Å². The van der Waals surface area contributed by atoms with Gasteiger partial charge in [-0.15, -0.1) is 0 Å². The van der Waals surface area contributed by atoms with Crippen LogP contribution >= 0.6 is 0 Å². The topological polar surface area (TPSA) is 54.3 Å². The quantitative estimate of drug-likeness (QED) is 0.717. The number of nitrogens with one attached hydrogen (secondary N) is 1. The first-order valence-corrected chi connectivity index (χ1v) is 8.85. The van der Waals surface area contributed by atoms with Crippen LogP contribution in [-0.4, -0.2) is 22.1 Å². The van der Waals surface area contributed by atoms with Crippen LogP contribution < -0.4 is 5.32 Å². The molecule has 3 rings (SSSR count). The molecule has 0 bridgehead atoms. The molecule has 1 amide bonds. The average molecular weight is 366 g/mol. The maximum atomic E-state index is 13.3. The molecule has 0 spiro atoms. The zero-order valence-electron chi connectivity index (χ0n) is 15.7. The van der Waals surface area contributed by atoms with E-state index >= 15 is 0 Å². The van der Waals surface area contributed by atoms with E-state index in [0.29, 0.717) is 11.1 Å². The minimum absolute atomic E-state index is 0.0102. The first-order valence-electron chi connectivity index (χ1n) is 8.85. The fourth-order valence-corrected chi connectivity index (χ4v) is 3.29. The molecule has 0 fully saturated rings. The van der Waals surface area contributed by atoms with Crippen LogP contribution in [0, 0.1) is 26.6 Å². The summed E-state index contributed by atoms with van der Waals surface area (Å²) < 4.78 is 15.3. The van der Waals surface area contributed by atoms with Gasteiger partial charge in [0.05, 0.1) is 11.7 Å². The summed E-state index contributed by atoms with van der Waals surface area (Å²) in [5.74, 6) is -0.682. The van der Waals surface area contributed by atoms with E-state index in [4.69, 9.17) is 0 Å². The zero-order chi connectivity index (χ0) is 19.6. The molecule has 0 saturated heterocycles. The van der Waals surface area contributed by atoms with Gasteiger partial charge in [-0.1, -0.05) is 30.3 Å². The van der Waals surface area contributed by atoms with E-state index in [1.807, 2.05) is 55.7 Å². The number of aliphatic hydroxyl groups is 1. The molecule has 2 N–H and O–H groups in total. The van der Waals surface area contributed by atoms with E-state index < -0.39 is 11.9 Å². The van der Waals surface area contributed by atoms with E-state index in [2.05, 4.69) is 5.32 Å². The van der Waals surface area contributed by atoms with Crippen LogP contribution in [0.4, 0.5) is 4.39 Å². The fourth-order valence-electron chi connectivity index (χ4n) is 3.29. The van der Waals surface area contributed by atoms with Crippen molar-refractivity contribution >= 4 is 5.91 Å². The molecule has 27 heavy (non-hydrogen) atoms. The lowest BCUT2D eigenvalue weighted by molar-refractivity contribution is 0.0915. The average Bonchev–Trinajstić information content (AvgIpc) is 2.94. The standard InChI is InChI=1S/C22H23FN2O2/c1-14-7-4-5-10-20(14)25-15(2)11-19(16(25)3)22(27)24-13-21(26)17-8-6-9-18(23)12-17/h4-12,21,26H,13H2,1-3H3,(H,24,27). The highest BCUT2D eigenvalue weighted by Gasteiger charge is 2.18. The van der Waals surface area contributed by atoms with Crippen LogP contribution in [0.2, 0.25) is 0 Å². The number of nitrogens with zero attached hydrogens (tertiary/aromatic N) is 1. The Labute approximate surface area is 158 Å². The predicted octanol–water partition coefficient (Wildman–Crippen LogP) is 4.01. The van der Waals surface area contributed by atoms with Crippen molar-refractivity contribution in [3.8, 4) is 5.69 Å². The highest BCUT2D eigenvalue weighted by molar-refractivity contribution is 5.96.